The van der Waals surface area contributed by atoms with E-state index in [0.29, 0.717) is 35.5 Å². The number of piperidine rings is 2. The van der Waals surface area contributed by atoms with Crippen molar-refractivity contribution in [3.05, 3.63) is 30.0 Å². The summed E-state index contributed by atoms with van der Waals surface area (Å²) in [5, 5.41) is 0.798. The third kappa shape index (κ3) is 3.82. The minimum atomic E-state index is -3.53. The summed E-state index contributed by atoms with van der Waals surface area (Å²) in [7, 11) is -1.66. The van der Waals surface area contributed by atoms with Crippen LogP contribution < -0.4 is 0 Å². The van der Waals surface area contributed by atoms with Gasteiger partial charge in [0.25, 0.3) is 5.91 Å². The molecule has 4 rings (SSSR count). The van der Waals surface area contributed by atoms with Gasteiger partial charge in [-0.05, 0) is 61.8 Å². The van der Waals surface area contributed by atoms with Gasteiger partial charge in [-0.2, -0.15) is 4.31 Å². The molecule has 1 aromatic carbocycles. The number of aryl methyl sites for hydroxylation is 1. The lowest BCUT2D eigenvalue weighted by molar-refractivity contribution is 0.0715. The molecule has 0 bridgehead atoms. The first-order valence-corrected chi connectivity index (χ1v) is 12.1. The smallest absolute Gasteiger partial charge is 0.270 e. The largest absolute Gasteiger partial charge is 0.340 e. The maximum Gasteiger partial charge on any atom is 0.270 e. The highest BCUT2D eigenvalue weighted by Gasteiger charge is 2.32. The van der Waals surface area contributed by atoms with Crippen molar-refractivity contribution in [3.63, 3.8) is 0 Å². The Morgan fingerprint density at radius 3 is 2.31 bits per heavy atom. The number of carbonyl (C=O) groups excluding carboxylic acids is 1. The van der Waals surface area contributed by atoms with E-state index in [-0.39, 0.29) is 5.91 Å². The number of sulfonamides is 1. The van der Waals surface area contributed by atoms with Gasteiger partial charge in [-0.15, -0.1) is 0 Å². The molecular formula is C22H31N3O3S. The summed E-state index contributed by atoms with van der Waals surface area (Å²) in [5.74, 6) is 0.761. The van der Waals surface area contributed by atoms with Crippen molar-refractivity contribution in [3.8, 4) is 0 Å². The quantitative estimate of drug-likeness (QED) is 0.768. The average molecular weight is 418 g/mol. The molecule has 6 nitrogen and oxygen atoms in total. The molecule has 0 N–H and O–H groups in total. The fraction of sp³-hybridized carbons (Fsp3) is 0.591. The predicted molar refractivity (Wildman–Crippen MR) is 114 cm³/mol. The molecule has 158 valence electrons. The summed E-state index contributed by atoms with van der Waals surface area (Å²) >= 11 is 0. The van der Waals surface area contributed by atoms with E-state index >= 15 is 0 Å². The monoisotopic (exact) mass is 417 g/mol. The summed E-state index contributed by atoms with van der Waals surface area (Å²) < 4.78 is 30.0. The van der Waals surface area contributed by atoms with Crippen molar-refractivity contribution in [1.82, 2.24) is 13.8 Å². The first-order valence-electron chi connectivity index (χ1n) is 10.7. The Balaban J connectivity index is 1.66. The molecule has 1 aromatic heterocycles. The molecule has 2 aliphatic heterocycles. The summed E-state index contributed by atoms with van der Waals surface area (Å²) in [6.45, 7) is 6.95. The highest BCUT2D eigenvalue weighted by atomic mass is 32.2. The van der Waals surface area contributed by atoms with Crippen molar-refractivity contribution in [1.29, 1.82) is 0 Å². The molecule has 0 spiro atoms. The molecule has 0 saturated carbocycles. The van der Waals surface area contributed by atoms with Crippen molar-refractivity contribution in [2.24, 2.45) is 18.9 Å². The lowest BCUT2D eigenvalue weighted by atomic mass is 9.94. The maximum atomic E-state index is 13.2. The van der Waals surface area contributed by atoms with E-state index < -0.39 is 10.0 Å². The number of hydrogen-bond acceptors (Lipinski definition) is 3. The average Bonchev–Trinajstić information content (AvgIpc) is 3.03. The first kappa shape index (κ1) is 20.4. The summed E-state index contributed by atoms with van der Waals surface area (Å²) in [5.41, 5.74) is 1.50. The molecule has 2 unspecified atom stereocenters. The fourth-order valence-electron chi connectivity index (χ4n) is 4.90. The van der Waals surface area contributed by atoms with Gasteiger partial charge in [0, 0.05) is 44.1 Å². The van der Waals surface area contributed by atoms with Crippen LogP contribution >= 0.6 is 0 Å². The van der Waals surface area contributed by atoms with Gasteiger partial charge in [-0.3, -0.25) is 4.79 Å². The molecule has 2 aliphatic rings. The zero-order valence-corrected chi connectivity index (χ0v) is 18.4. The van der Waals surface area contributed by atoms with E-state index in [4.69, 9.17) is 0 Å². The van der Waals surface area contributed by atoms with Crippen LogP contribution in [0, 0.1) is 11.8 Å². The van der Waals surface area contributed by atoms with Crippen molar-refractivity contribution < 1.29 is 13.2 Å². The maximum absolute atomic E-state index is 13.2. The number of carbonyl (C=O) groups is 1. The molecule has 7 heteroatoms. The van der Waals surface area contributed by atoms with Gasteiger partial charge < -0.3 is 9.47 Å². The van der Waals surface area contributed by atoms with Crippen molar-refractivity contribution >= 4 is 26.8 Å². The van der Waals surface area contributed by atoms with Crippen LogP contribution in [0.4, 0.5) is 0 Å². The molecule has 2 atom stereocenters. The van der Waals surface area contributed by atoms with Gasteiger partial charge in [0.1, 0.15) is 5.69 Å². The second kappa shape index (κ2) is 7.76. The lowest BCUT2D eigenvalue weighted by Crippen LogP contribution is -2.42. The van der Waals surface area contributed by atoms with Gasteiger partial charge in [0.15, 0.2) is 0 Å². The van der Waals surface area contributed by atoms with Crippen LogP contribution in [0.2, 0.25) is 0 Å². The van der Waals surface area contributed by atoms with Gasteiger partial charge in [0.05, 0.1) is 4.90 Å². The number of rotatable bonds is 3. The number of fused-ring (bicyclic) bond motifs is 1. The summed E-state index contributed by atoms with van der Waals surface area (Å²) in [6.07, 6.45) is 4.33. The van der Waals surface area contributed by atoms with Crippen molar-refractivity contribution in [2.45, 2.75) is 44.4 Å². The molecule has 2 fully saturated rings. The molecular weight excluding hydrogens is 386 g/mol. The van der Waals surface area contributed by atoms with E-state index in [1.165, 1.54) is 6.42 Å². The molecule has 0 radical (unpaired) electrons. The van der Waals surface area contributed by atoms with Gasteiger partial charge in [-0.1, -0.05) is 13.8 Å². The number of likely N-dealkylation sites (tertiary alicyclic amines) is 1. The minimum Gasteiger partial charge on any atom is -0.340 e. The highest BCUT2D eigenvalue weighted by molar-refractivity contribution is 7.89. The van der Waals surface area contributed by atoms with E-state index in [1.807, 2.05) is 28.6 Å². The normalized spacial score (nSPS) is 24.2. The molecule has 1 amide bonds. The number of aromatic nitrogens is 1. The van der Waals surface area contributed by atoms with Gasteiger partial charge in [0.2, 0.25) is 10.0 Å². The topological polar surface area (TPSA) is 62.6 Å². The fourth-order valence-corrected chi connectivity index (χ4v) is 6.62. The minimum absolute atomic E-state index is 0.0338. The standard InChI is InChI=1S/C22H31N3O3S/c1-16-11-17(2)15-25(14-16)29(27,28)19-7-8-20-18(12-19)13-21(23(20)3)22(26)24-9-5-4-6-10-24/h7-8,12-13,16-17H,4-6,9-11,14-15H2,1-3H3. The third-order valence-electron chi connectivity index (χ3n) is 6.35. The molecule has 3 heterocycles. The van der Waals surface area contributed by atoms with Crippen LogP contribution in [0.3, 0.4) is 0 Å². The number of nitrogens with zero attached hydrogens (tertiary/aromatic N) is 3. The predicted octanol–water partition coefficient (Wildman–Crippen LogP) is 3.47. The summed E-state index contributed by atoms with van der Waals surface area (Å²) in [6, 6.07) is 7.07. The van der Waals surface area contributed by atoms with E-state index in [2.05, 4.69) is 13.8 Å². The Bertz CT molecular complexity index is 1010. The van der Waals surface area contributed by atoms with Crippen LogP contribution in [0.1, 0.15) is 50.0 Å². The molecule has 0 aliphatic carbocycles. The van der Waals surface area contributed by atoms with Gasteiger partial charge in [-0.25, -0.2) is 8.42 Å². The highest BCUT2D eigenvalue weighted by Crippen LogP contribution is 2.29. The zero-order chi connectivity index (χ0) is 20.8. The second-order valence-corrected chi connectivity index (χ2v) is 10.9. The van der Waals surface area contributed by atoms with E-state index in [9.17, 15) is 13.2 Å². The molecule has 29 heavy (non-hydrogen) atoms. The first-order chi connectivity index (χ1) is 13.8. The Morgan fingerprint density at radius 2 is 1.66 bits per heavy atom. The lowest BCUT2D eigenvalue weighted by Gasteiger charge is -2.34. The molecule has 2 aromatic rings. The summed E-state index contributed by atoms with van der Waals surface area (Å²) in [4.78, 5) is 15.2. The number of benzene rings is 1. The third-order valence-corrected chi connectivity index (χ3v) is 8.18. The van der Waals surface area contributed by atoms with Crippen molar-refractivity contribution in [2.75, 3.05) is 26.2 Å². The number of amides is 1. The number of hydrogen-bond donors (Lipinski definition) is 0. The Kier molecular flexibility index (Phi) is 5.46. The van der Waals surface area contributed by atoms with Gasteiger partial charge >= 0.3 is 0 Å². The van der Waals surface area contributed by atoms with E-state index in [1.54, 1.807) is 16.4 Å². The molecule has 2 saturated heterocycles. The second-order valence-electron chi connectivity index (χ2n) is 8.93. The SMILES string of the molecule is CC1CC(C)CN(S(=O)(=O)c2ccc3c(c2)cc(C(=O)N2CCCCC2)n3C)C1. The Morgan fingerprint density at radius 1 is 1.00 bits per heavy atom. The van der Waals surface area contributed by atoms with Crippen LogP contribution in [0.25, 0.3) is 10.9 Å². The Hall–Kier alpha value is -1.86. The Labute approximate surface area is 173 Å². The van der Waals surface area contributed by atoms with E-state index in [0.717, 1.165) is 43.3 Å². The van der Waals surface area contributed by atoms with Crippen LogP contribution in [0.15, 0.2) is 29.2 Å². The van der Waals surface area contributed by atoms with Crippen LogP contribution in [-0.2, 0) is 17.1 Å². The van der Waals surface area contributed by atoms with Crippen LogP contribution in [0.5, 0.6) is 0 Å². The zero-order valence-electron chi connectivity index (χ0n) is 17.6. The van der Waals surface area contributed by atoms with Crippen LogP contribution in [-0.4, -0.2) is 54.3 Å².